The highest BCUT2D eigenvalue weighted by Crippen LogP contribution is 2.53. The molecule has 2 saturated heterocycles. The van der Waals surface area contributed by atoms with Gasteiger partial charge in [-0.2, -0.15) is 0 Å². The van der Waals surface area contributed by atoms with Crippen LogP contribution in [0.1, 0.15) is 146 Å². The third-order valence-electron chi connectivity index (χ3n) is 18.4. The molecule has 4 aromatic carbocycles. The zero-order valence-corrected chi connectivity index (χ0v) is 57.8. The van der Waals surface area contributed by atoms with Gasteiger partial charge in [-0.25, -0.2) is 0 Å². The highest BCUT2D eigenvalue weighted by atomic mass is 16.7. The summed E-state index contributed by atoms with van der Waals surface area (Å²) >= 11 is 0. The second-order valence-corrected chi connectivity index (χ2v) is 26.5. The van der Waals surface area contributed by atoms with E-state index in [1.165, 1.54) is 56.5 Å². The van der Waals surface area contributed by atoms with Gasteiger partial charge in [0.1, 0.15) is 77.6 Å². The zero-order chi connectivity index (χ0) is 76.0. The number of aliphatic carboxylic acids is 1. The van der Waals surface area contributed by atoms with Crippen molar-refractivity contribution in [2.75, 3.05) is 33.4 Å². The van der Waals surface area contributed by atoms with E-state index in [-0.39, 0.29) is 84.9 Å². The number of Topliss-reactive ketones (excluding diaryl/α,β-unsaturated/α-hetero) is 1. The first-order chi connectivity index (χ1) is 49.3. The Hall–Kier alpha value is -10.4. The number of nitrogens with two attached hydrogens (primary N) is 1. The van der Waals surface area contributed by atoms with Crippen molar-refractivity contribution >= 4 is 76.5 Å². The van der Waals surface area contributed by atoms with Crippen molar-refractivity contribution in [3.8, 4) is 23.0 Å². The van der Waals surface area contributed by atoms with Crippen molar-refractivity contribution in [2.45, 2.75) is 177 Å². The number of methoxy groups -OCH3 is 1. The molecule has 0 radical (unpaired) electrons. The number of nitrogens with zero attached hydrogens (tertiary/aromatic N) is 1. The molecule has 33 heteroatoms. The predicted molar refractivity (Wildman–Crippen MR) is 361 cm³/mol. The standard InChI is InChI=1S/C71H87N9O24/c1-34(2)25-45(66(95)77-44-27-55(103-35(3)60(44)89)104-50-29-71(100,51(84)31-81)28-41-57(50)64(93)59-58(62(41)91)61(90)40-13-9-15-49(101-5)56(40)63(59)92)78-67(96)46(26-37-16-18-39(83)19-17-37)79-68(97)47(33-102-32-38-11-7-6-8-12-38)75-53(86)30-73-65(94)42(20-22-52(72)85)76-69(98)48-14-10-24-80(48)70(99)43(74-36(4)82)21-23-54(87)88/h6-9,11-13,15-19,34-35,42-48,50,55,60,81,83,89,91,93,100H,10,14,20-33H2,1-5H3,(H2,72,85)(H,73,94)(H,74,82)(H,75,86)(H,76,98)(H,77,95)(H,78,96)(H,79,97)(H,87,88)/t35-,42-,43-,44-,45-,46-,47-,48-,50-,55-,60+,71-/m0/s1. The number of carbonyl (C=O) groups excluding carboxylic acids is 12. The molecule has 0 aromatic heterocycles. The van der Waals surface area contributed by atoms with Crippen LogP contribution >= 0.6 is 0 Å². The smallest absolute Gasteiger partial charge is 0.303 e. The minimum Gasteiger partial charge on any atom is -0.508 e. The molecule has 0 bridgehead atoms. The number of aliphatic hydroxyl groups excluding tert-OH is 2. The summed E-state index contributed by atoms with van der Waals surface area (Å²) in [5.74, 6) is -14.3. The molecule has 4 aliphatic rings. The molecule has 560 valence electrons. The van der Waals surface area contributed by atoms with E-state index in [9.17, 15) is 98.1 Å². The van der Waals surface area contributed by atoms with Crippen molar-refractivity contribution < 1.29 is 117 Å². The van der Waals surface area contributed by atoms with Crippen LogP contribution in [0.15, 0.2) is 72.8 Å². The van der Waals surface area contributed by atoms with Gasteiger partial charge in [0.2, 0.25) is 58.9 Å². The normalized spacial score (nSPS) is 21.1. The molecule has 8 rings (SSSR count). The number of fused-ring (bicyclic) bond motifs is 3. The molecule has 104 heavy (non-hydrogen) atoms. The number of carboxylic acids is 1. The molecule has 2 heterocycles. The fourth-order valence-corrected chi connectivity index (χ4v) is 13.2. The number of hydrogen-bond donors (Lipinski definition) is 15. The van der Waals surface area contributed by atoms with Crippen molar-refractivity contribution in [3.05, 3.63) is 117 Å². The van der Waals surface area contributed by atoms with Crippen LogP contribution in [0, 0.1) is 5.92 Å². The number of phenolic OH excluding ortho intramolecular Hbond substituents is 3. The molecular formula is C71H87N9O24. The lowest BCUT2D eigenvalue weighted by Crippen LogP contribution is -2.61. The van der Waals surface area contributed by atoms with Gasteiger partial charge in [-0.1, -0.05) is 68.4 Å². The molecule has 4 aromatic rings. The van der Waals surface area contributed by atoms with Gasteiger partial charge in [0.05, 0.1) is 61.8 Å². The molecule has 2 fully saturated rings. The number of hydrogen-bond acceptors (Lipinski definition) is 23. The molecule has 33 nitrogen and oxygen atoms in total. The van der Waals surface area contributed by atoms with Gasteiger partial charge in [0.25, 0.3) is 0 Å². The Morgan fingerprint density at radius 3 is 2.08 bits per heavy atom. The van der Waals surface area contributed by atoms with Crippen LogP contribution in [0.3, 0.4) is 0 Å². The molecule has 2 aliphatic heterocycles. The predicted octanol–water partition coefficient (Wildman–Crippen LogP) is -0.949. The fourth-order valence-electron chi connectivity index (χ4n) is 13.2. The SMILES string of the molecule is COc1cccc2c1C(=O)c1c(O)c3c(c(O)c1C2=O)C[C@@](O)(C(=O)CO)C[C@@H]3O[C@H]1C[C@H](NC(=O)[C@H](CC(C)C)NC(=O)[C@H](Cc2ccc(O)cc2)NC(=O)[C@H](COCc2ccccc2)NC(=O)CNC(=O)[C@H](CCC(N)=O)NC(=O)[C@@H]2CCCN2C(=O)[C@H](CCC(=O)O)NC(C)=O)[C@H](O)[C@H](C)O1. The molecule has 0 spiro atoms. The summed E-state index contributed by atoms with van der Waals surface area (Å²) in [6.07, 6.45) is -9.31. The minimum atomic E-state index is -2.51. The van der Waals surface area contributed by atoms with E-state index in [2.05, 4.69) is 37.2 Å². The zero-order valence-electron chi connectivity index (χ0n) is 57.8. The lowest BCUT2D eigenvalue weighted by Gasteiger charge is -2.43. The number of amides is 9. The number of primary amides is 1. The minimum absolute atomic E-state index is 0.0227. The summed E-state index contributed by atoms with van der Waals surface area (Å²) < 4.78 is 23.7. The average Bonchev–Trinajstić information content (AvgIpc) is 0.767. The van der Waals surface area contributed by atoms with Crippen LogP contribution in [0.5, 0.6) is 23.0 Å². The number of benzene rings is 4. The lowest BCUT2D eigenvalue weighted by atomic mass is 9.72. The van der Waals surface area contributed by atoms with E-state index >= 15 is 0 Å². The van der Waals surface area contributed by atoms with Crippen LogP contribution in [-0.2, 0) is 86.4 Å². The first-order valence-electron chi connectivity index (χ1n) is 33.8. The number of aromatic hydroxyl groups is 3. The highest BCUT2D eigenvalue weighted by Gasteiger charge is 2.51. The Kier molecular flexibility index (Phi) is 26.8. The first-order valence-corrected chi connectivity index (χ1v) is 33.8. The van der Waals surface area contributed by atoms with E-state index in [1.54, 1.807) is 44.2 Å². The van der Waals surface area contributed by atoms with Crippen LogP contribution in [0.4, 0.5) is 0 Å². The summed E-state index contributed by atoms with van der Waals surface area (Å²) in [6.45, 7) is 3.36. The summed E-state index contributed by atoms with van der Waals surface area (Å²) in [7, 11) is 1.26. The largest absolute Gasteiger partial charge is 0.508 e. The maximum Gasteiger partial charge on any atom is 0.303 e. The first kappa shape index (κ1) is 79.3. The topological polar surface area (TPSA) is 514 Å². The van der Waals surface area contributed by atoms with Gasteiger partial charge in [0, 0.05) is 68.7 Å². The Bertz CT molecular complexity index is 3930. The maximum atomic E-state index is 14.9. The van der Waals surface area contributed by atoms with Crippen molar-refractivity contribution in [2.24, 2.45) is 11.7 Å². The molecule has 16 N–H and O–H groups in total. The quantitative estimate of drug-likeness (QED) is 0.0225. The van der Waals surface area contributed by atoms with E-state index < -0.39 is 223 Å². The number of phenols is 3. The number of carboxylic acid groups (broad SMARTS) is 1. The Morgan fingerprint density at radius 1 is 0.750 bits per heavy atom. The van der Waals surface area contributed by atoms with Crippen molar-refractivity contribution in [1.29, 1.82) is 0 Å². The number of aliphatic hydroxyl groups is 3. The third kappa shape index (κ3) is 19.4. The van der Waals surface area contributed by atoms with E-state index in [1.807, 2.05) is 0 Å². The lowest BCUT2D eigenvalue weighted by molar-refractivity contribution is -0.249. The van der Waals surface area contributed by atoms with Crippen LogP contribution < -0.4 is 47.7 Å². The molecule has 0 saturated carbocycles. The number of likely N-dealkylation sites (tertiary alicyclic amines) is 1. The van der Waals surface area contributed by atoms with Crippen LogP contribution in [-0.4, -0.2) is 217 Å². The maximum absolute atomic E-state index is 14.9. The van der Waals surface area contributed by atoms with E-state index in [0.29, 0.717) is 17.5 Å². The number of nitrogens with one attached hydrogen (secondary N) is 7. The van der Waals surface area contributed by atoms with Gasteiger partial charge < -0.3 is 103 Å². The molecule has 12 atom stereocenters. The second-order valence-electron chi connectivity index (χ2n) is 26.5. The second kappa shape index (κ2) is 35.2. The van der Waals surface area contributed by atoms with Gasteiger partial charge in [-0.3, -0.25) is 62.3 Å². The fraction of sp³-hybridized carbons (Fsp3) is 0.479. The van der Waals surface area contributed by atoms with E-state index in [0.717, 1.165) is 11.8 Å². The monoisotopic (exact) mass is 1450 g/mol. The Morgan fingerprint density at radius 2 is 1.42 bits per heavy atom. The Balaban J connectivity index is 0.995. The van der Waals surface area contributed by atoms with Gasteiger partial charge >= 0.3 is 5.97 Å². The molecule has 2 aliphatic carbocycles. The average molecular weight is 1450 g/mol. The van der Waals surface area contributed by atoms with Crippen LogP contribution in [0.2, 0.25) is 0 Å². The van der Waals surface area contributed by atoms with Gasteiger partial charge in [-0.05, 0) is 74.3 Å². The Labute approximate surface area is 596 Å². The summed E-state index contributed by atoms with van der Waals surface area (Å²) in [6, 6.07) is 8.38. The summed E-state index contributed by atoms with van der Waals surface area (Å²) in [5.41, 5.74) is 1.59. The van der Waals surface area contributed by atoms with Gasteiger partial charge in [-0.15, -0.1) is 0 Å². The molecule has 0 unspecified atom stereocenters. The van der Waals surface area contributed by atoms with Crippen molar-refractivity contribution in [1.82, 2.24) is 42.1 Å². The number of carbonyl (C=O) groups is 13. The van der Waals surface area contributed by atoms with Gasteiger partial charge in [0.15, 0.2) is 17.9 Å². The molecular weight excluding hydrogens is 1360 g/mol. The summed E-state index contributed by atoms with van der Waals surface area (Å²) in [5, 5.41) is 94.9. The number of rotatable bonds is 33. The van der Waals surface area contributed by atoms with Crippen molar-refractivity contribution in [3.63, 3.8) is 0 Å². The van der Waals surface area contributed by atoms with E-state index in [4.69, 9.17) is 24.7 Å². The third-order valence-corrected chi connectivity index (χ3v) is 18.4. The highest BCUT2D eigenvalue weighted by molar-refractivity contribution is 6.31. The molecule has 9 amide bonds. The number of ether oxygens (including phenoxy) is 4. The number of ketones is 3. The van der Waals surface area contributed by atoms with Crippen LogP contribution in [0.25, 0.3) is 0 Å². The summed E-state index contributed by atoms with van der Waals surface area (Å²) in [4.78, 5) is 178.